The van der Waals surface area contributed by atoms with Gasteiger partial charge in [-0.2, -0.15) is 0 Å². The average molecular weight is 290 g/mol. The Hall–Kier alpha value is -2.08. The fourth-order valence-electron chi connectivity index (χ4n) is 2.44. The first-order valence-corrected chi connectivity index (χ1v) is 7.20. The lowest BCUT2D eigenvalue weighted by atomic mass is 10.1. The first-order chi connectivity index (χ1) is 10.1. The van der Waals surface area contributed by atoms with Crippen LogP contribution in [0.2, 0.25) is 0 Å². The van der Waals surface area contributed by atoms with Crippen LogP contribution < -0.4 is 16.4 Å². The molecule has 1 aliphatic rings. The van der Waals surface area contributed by atoms with Gasteiger partial charge in [-0.3, -0.25) is 4.79 Å². The van der Waals surface area contributed by atoms with Gasteiger partial charge in [0, 0.05) is 38.3 Å². The zero-order chi connectivity index (χ0) is 15.2. The van der Waals surface area contributed by atoms with Crippen LogP contribution >= 0.6 is 0 Å². The van der Waals surface area contributed by atoms with Crippen molar-refractivity contribution in [2.24, 2.45) is 5.73 Å². The fraction of sp³-hybridized carbons (Fsp3) is 0.467. The molecule has 21 heavy (non-hydrogen) atoms. The maximum Gasteiger partial charge on any atom is 0.321 e. The van der Waals surface area contributed by atoms with E-state index in [9.17, 15) is 9.59 Å². The van der Waals surface area contributed by atoms with E-state index in [1.54, 1.807) is 4.90 Å². The van der Waals surface area contributed by atoms with Gasteiger partial charge in [0.15, 0.2) is 0 Å². The number of carbonyl (C=O) groups excluding carboxylic acids is 2. The quantitative estimate of drug-likeness (QED) is 0.783. The van der Waals surface area contributed by atoms with Crippen LogP contribution in [0.1, 0.15) is 25.3 Å². The topological polar surface area (TPSA) is 87.5 Å². The van der Waals surface area contributed by atoms with E-state index in [2.05, 4.69) is 10.6 Å². The Morgan fingerprint density at radius 1 is 1.24 bits per heavy atom. The number of amides is 3. The largest absolute Gasteiger partial charge is 0.353 e. The molecule has 4 N–H and O–H groups in total. The molecule has 114 valence electrons. The van der Waals surface area contributed by atoms with Crippen molar-refractivity contribution in [1.82, 2.24) is 10.2 Å². The Balaban J connectivity index is 1.82. The van der Waals surface area contributed by atoms with E-state index in [4.69, 9.17) is 5.73 Å². The van der Waals surface area contributed by atoms with Crippen molar-refractivity contribution in [3.05, 3.63) is 29.8 Å². The van der Waals surface area contributed by atoms with Crippen LogP contribution in [-0.4, -0.2) is 36.0 Å². The molecule has 1 aliphatic heterocycles. The maximum absolute atomic E-state index is 12.2. The highest BCUT2D eigenvalue weighted by Crippen LogP contribution is 2.14. The summed E-state index contributed by atoms with van der Waals surface area (Å²) < 4.78 is 0. The minimum absolute atomic E-state index is 0.0158. The fourth-order valence-corrected chi connectivity index (χ4v) is 2.44. The summed E-state index contributed by atoms with van der Waals surface area (Å²) in [4.78, 5) is 24.9. The lowest BCUT2D eigenvalue weighted by Crippen LogP contribution is -2.47. The second kappa shape index (κ2) is 7.08. The zero-order valence-corrected chi connectivity index (χ0v) is 12.3. The summed E-state index contributed by atoms with van der Waals surface area (Å²) >= 11 is 0. The monoisotopic (exact) mass is 290 g/mol. The van der Waals surface area contributed by atoms with E-state index < -0.39 is 0 Å². The van der Waals surface area contributed by atoms with Gasteiger partial charge in [0.05, 0.1) is 0 Å². The van der Waals surface area contributed by atoms with Crippen LogP contribution in [0.5, 0.6) is 0 Å². The predicted molar refractivity (Wildman–Crippen MR) is 81.8 cm³/mol. The van der Waals surface area contributed by atoms with Gasteiger partial charge in [0.25, 0.3) is 0 Å². The third-order valence-corrected chi connectivity index (χ3v) is 3.63. The molecule has 0 bridgehead atoms. The molecule has 6 heteroatoms. The van der Waals surface area contributed by atoms with Crippen molar-refractivity contribution >= 4 is 17.6 Å². The van der Waals surface area contributed by atoms with Crippen LogP contribution in [0, 0.1) is 0 Å². The van der Waals surface area contributed by atoms with E-state index in [0.717, 1.165) is 24.1 Å². The Morgan fingerprint density at radius 3 is 2.38 bits per heavy atom. The summed E-state index contributed by atoms with van der Waals surface area (Å²) in [6, 6.07) is 7.58. The van der Waals surface area contributed by atoms with E-state index in [1.165, 1.54) is 6.92 Å². The summed E-state index contributed by atoms with van der Waals surface area (Å²) in [5.74, 6) is -0.0158. The van der Waals surface area contributed by atoms with Crippen LogP contribution in [0.3, 0.4) is 0 Å². The number of nitrogens with two attached hydrogens (primary N) is 1. The Kier molecular flexibility index (Phi) is 5.16. The highest BCUT2D eigenvalue weighted by Gasteiger charge is 2.23. The van der Waals surface area contributed by atoms with E-state index >= 15 is 0 Å². The summed E-state index contributed by atoms with van der Waals surface area (Å²) in [5.41, 5.74) is 7.34. The summed E-state index contributed by atoms with van der Waals surface area (Å²) in [6.07, 6.45) is 1.58. The number of rotatable bonds is 3. The number of hydrogen-bond donors (Lipinski definition) is 3. The van der Waals surface area contributed by atoms with Gasteiger partial charge < -0.3 is 21.3 Å². The second-order valence-corrected chi connectivity index (χ2v) is 5.29. The van der Waals surface area contributed by atoms with E-state index in [-0.39, 0.29) is 18.0 Å². The number of urea groups is 1. The van der Waals surface area contributed by atoms with Crippen LogP contribution in [0.25, 0.3) is 0 Å². The standard InChI is InChI=1S/C15H22N4O2/c1-11(20)17-14-6-8-19(9-7-14)15(21)18-13-4-2-12(10-16)3-5-13/h2-5,14H,6-10,16H2,1H3,(H,17,20)(H,18,21). The van der Waals surface area contributed by atoms with Gasteiger partial charge in [-0.15, -0.1) is 0 Å². The lowest BCUT2D eigenvalue weighted by molar-refractivity contribution is -0.119. The molecule has 2 rings (SSSR count). The average Bonchev–Trinajstić information content (AvgIpc) is 2.48. The summed E-state index contributed by atoms with van der Waals surface area (Å²) in [7, 11) is 0. The minimum atomic E-state index is -0.100. The molecule has 1 saturated heterocycles. The maximum atomic E-state index is 12.2. The smallest absolute Gasteiger partial charge is 0.321 e. The molecular formula is C15H22N4O2. The molecule has 1 heterocycles. The number of nitrogens with zero attached hydrogens (tertiary/aromatic N) is 1. The third kappa shape index (κ3) is 4.46. The molecule has 3 amide bonds. The summed E-state index contributed by atoms with van der Waals surface area (Å²) in [5, 5.41) is 5.77. The van der Waals surface area contributed by atoms with Crippen molar-refractivity contribution in [2.45, 2.75) is 32.4 Å². The molecule has 0 saturated carbocycles. The number of hydrogen-bond acceptors (Lipinski definition) is 3. The van der Waals surface area contributed by atoms with Gasteiger partial charge in [0.2, 0.25) is 5.91 Å². The molecule has 0 spiro atoms. The number of likely N-dealkylation sites (tertiary alicyclic amines) is 1. The molecule has 1 aromatic rings. The normalized spacial score (nSPS) is 15.6. The number of benzene rings is 1. The first kappa shape index (κ1) is 15.3. The van der Waals surface area contributed by atoms with E-state index in [1.807, 2.05) is 24.3 Å². The molecule has 0 radical (unpaired) electrons. The Labute approximate surface area is 124 Å². The minimum Gasteiger partial charge on any atom is -0.353 e. The van der Waals surface area contributed by atoms with E-state index in [0.29, 0.717) is 19.6 Å². The number of carbonyl (C=O) groups is 2. The predicted octanol–water partition coefficient (Wildman–Crippen LogP) is 1.28. The van der Waals surface area contributed by atoms with Gasteiger partial charge in [-0.05, 0) is 30.5 Å². The number of anilines is 1. The molecule has 0 unspecified atom stereocenters. The van der Waals surface area contributed by atoms with Gasteiger partial charge in [-0.25, -0.2) is 4.79 Å². The Morgan fingerprint density at radius 2 is 1.86 bits per heavy atom. The van der Waals surface area contributed by atoms with Crippen LogP contribution in [-0.2, 0) is 11.3 Å². The van der Waals surface area contributed by atoms with Gasteiger partial charge >= 0.3 is 6.03 Å². The van der Waals surface area contributed by atoms with Gasteiger partial charge in [-0.1, -0.05) is 12.1 Å². The Bertz CT molecular complexity index is 493. The molecule has 0 aromatic heterocycles. The highest BCUT2D eigenvalue weighted by molar-refractivity contribution is 5.89. The SMILES string of the molecule is CC(=O)NC1CCN(C(=O)Nc2ccc(CN)cc2)CC1. The van der Waals surface area contributed by atoms with Crippen molar-refractivity contribution < 1.29 is 9.59 Å². The molecule has 6 nitrogen and oxygen atoms in total. The number of nitrogens with one attached hydrogen (secondary N) is 2. The third-order valence-electron chi connectivity index (χ3n) is 3.63. The van der Waals surface area contributed by atoms with Crippen molar-refractivity contribution in [1.29, 1.82) is 0 Å². The zero-order valence-electron chi connectivity index (χ0n) is 12.3. The molecule has 0 atom stereocenters. The van der Waals surface area contributed by atoms with Crippen LogP contribution in [0.4, 0.5) is 10.5 Å². The molecular weight excluding hydrogens is 268 g/mol. The van der Waals surface area contributed by atoms with Crippen LogP contribution in [0.15, 0.2) is 24.3 Å². The van der Waals surface area contributed by atoms with Crippen molar-refractivity contribution in [3.8, 4) is 0 Å². The summed E-state index contributed by atoms with van der Waals surface area (Å²) in [6.45, 7) is 3.31. The molecule has 1 aromatic carbocycles. The first-order valence-electron chi connectivity index (χ1n) is 7.20. The number of piperidine rings is 1. The van der Waals surface area contributed by atoms with Crippen molar-refractivity contribution in [2.75, 3.05) is 18.4 Å². The van der Waals surface area contributed by atoms with Gasteiger partial charge in [0.1, 0.15) is 0 Å². The molecule has 0 aliphatic carbocycles. The molecule has 1 fully saturated rings. The lowest BCUT2D eigenvalue weighted by Gasteiger charge is -2.32. The second-order valence-electron chi connectivity index (χ2n) is 5.29. The highest BCUT2D eigenvalue weighted by atomic mass is 16.2. The van der Waals surface area contributed by atoms with Crippen molar-refractivity contribution in [3.63, 3.8) is 0 Å².